The first kappa shape index (κ1) is 88.2. The molecule has 16 rings (SSSR count). The number of halogens is 5. The monoisotopic (exact) mass is 1870 g/mol. The maximum absolute atomic E-state index is 6.57. The van der Waals surface area contributed by atoms with Crippen molar-refractivity contribution in [2.75, 3.05) is 41.3 Å². The van der Waals surface area contributed by atoms with Gasteiger partial charge in [0.1, 0.15) is 0 Å². The van der Waals surface area contributed by atoms with Gasteiger partial charge < -0.3 is 55.6 Å². The molecule has 0 fully saturated rings. The second kappa shape index (κ2) is 39.8. The summed E-state index contributed by atoms with van der Waals surface area (Å²) in [5.74, 6) is 6.09. The number of benzene rings is 12. The van der Waals surface area contributed by atoms with Crippen molar-refractivity contribution in [3.05, 3.63) is 283 Å². The van der Waals surface area contributed by atoms with Crippen LogP contribution in [-0.4, -0.2) is 41.3 Å². The summed E-state index contributed by atoms with van der Waals surface area (Å²) in [5, 5.41) is 17.8. The van der Waals surface area contributed by atoms with Gasteiger partial charge in [-0.1, -0.05) is 146 Å². The van der Waals surface area contributed by atoms with Gasteiger partial charge in [0.25, 0.3) is 0 Å². The number of ether oxygens (including phenoxy) is 8. The van der Waals surface area contributed by atoms with Gasteiger partial charge in [-0.15, -0.1) is 0 Å². The molecular weight excluding hydrogens is 1770 g/mol. The third kappa shape index (κ3) is 17.9. The molecular formula is C94H96Cl5NO8P4Ru2. The van der Waals surface area contributed by atoms with Crippen LogP contribution in [0.2, 0.25) is 0 Å². The zero-order chi connectivity index (χ0) is 80.6. The first-order chi connectivity index (χ1) is 54.5. The van der Waals surface area contributed by atoms with Gasteiger partial charge in [-0.2, -0.15) is 0 Å². The Kier molecular flexibility index (Phi) is 30.8. The number of hydrogen-bond acceptors (Lipinski definition) is 8. The third-order valence-corrected chi connectivity index (χ3v) is 33.5. The fraction of sp³-hybridized carbons (Fsp3) is 0.234. The summed E-state index contributed by atoms with van der Waals surface area (Å²) in [6.07, 6.45) is 0. The standard InChI is InChI=1S/2C46H44O4P2.C2H7N.5ClH.2Ru/c2*1-27-13-9-14-28(2)43(27)51(44-29(3)15-10-16-30(44)4)37-23-21-35-41(49-25-47-35)39(37)40-38(24-22-36-42(40)50-26-48-36)52(45-31(5)17-11-18-32(45)6)46-33(7)19-12-20-34(46)8;1-3-2;;;;;;;/h2*9-24H,25-26H2,1-8H3;3H,1-2H3;5*1H;;/q;;;;;;;;2*+2/p-4. The Labute approximate surface area is 717 Å². The van der Waals surface area contributed by atoms with Gasteiger partial charge in [0.15, 0.2) is 46.0 Å². The predicted octanol–water partition coefficient (Wildman–Crippen LogP) is 16.2. The molecule has 0 spiro atoms. The molecule has 9 nitrogen and oxygen atoms in total. The fourth-order valence-corrected chi connectivity index (χ4v) is 28.5. The van der Waals surface area contributed by atoms with Crippen LogP contribution in [0.4, 0.5) is 0 Å². The zero-order valence-electron chi connectivity index (χ0n) is 67.5. The number of nitrogens with two attached hydrogens (primary N) is 1. The molecule has 4 aliphatic heterocycles. The van der Waals surface area contributed by atoms with E-state index in [0.29, 0.717) is 0 Å². The van der Waals surface area contributed by atoms with E-state index in [2.05, 4.69) is 305 Å². The Bertz CT molecular complexity index is 4500. The SMILES string of the molecule is C[NH2+]C.Cc1cccc(C)c1P(c1ccc2c(c1-c1c(P(c3c(C)cccc3C)c3c(C)cccc3C)ccc3c1OCO3)OCO2)c1c(C)cccc1C.Cc1cccc(C)c1P(c1ccc2c(c1-c1c(P(c3c(C)cccc3C)c3c(C)cccc3C)ccc3c1OCO3)OCO2)c1c(C)cccc1C.[Cl-].[Cl][Ru][Cl].[Cl][Ru][Cl]. The van der Waals surface area contributed by atoms with E-state index in [4.69, 9.17) is 76.7 Å². The minimum absolute atomic E-state index is 0. The molecule has 12 aromatic rings. The Morgan fingerprint density at radius 3 is 0.474 bits per heavy atom. The summed E-state index contributed by atoms with van der Waals surface area (Å²) >= 11 is -0.691. The van der Waals surface area contributed by atoms with Crippen LogP contribution in [0.25, 0.3) is 22.3 Å². The summed E-state index contributed by atoms with van der Waals surface area (Å²) < 4.78 is 51.0. The second-order valence-corrected chi connectivity index (χ2v) is 42.2. The minimum atomic E-state index is -1.08. The van der Waals surface area contributed by atoms with Crippen molar-refractivity contribution in [2.45, 2.75) is 111 Å². The van der Waals surface area contributed by atoms with Gasteiger partial charge in [-0.25, -0.2) is 0 Å². The maximum atomic E-state index is 6.57. The third-order valence-electron chi connectivity index (χ3n) is 20.8. The number of aryl methyl sites for hydroxylation is 16. The molecule has 0 saturated carbocycles. The van der Waals surface area contributed by atoms with E-state index in [9.17, 15) is 0 Å². The molecule has 0 aromatic heterocycles. The molecule has 0 amide bonds. The number of rotatable bonds is 14. The van der Waals surface area contributed by atoms with E-state index in [1.807, 2.05) is 19.4 Å². The number of hydrogen-bond donors (Lipinski definition) is 1. The Balaban J connectivity index is 0.000000202. The molecule has 114 heavy (non-hydrogen) atoms. The average molecular weight is 1870 g/mol. The fourth-order valence-electron chi connectivity index (χ4n) is 16.2. The van der Waals surface area contributed by atoms with Gasteiger partial charge in [-0.3, -0.25) is 0 Å². The molecule has 4 heterocycles. The molecule has 0 radical (unpaired) electrons. The van der Waals surface area contributed by atoms with E-state index in [1.54, 1.807) is 0 Å². The molecule has 0 bridgehead atoms. The van der Waals surface area contributed by atoms with Crippen LogP contribution in [0.3, 0.4) is 0 Å². The van der Waals surface area contributed by atoms with Crippen LogP contribution in [0, 0.1) is 111 Å². The summed E-state index contributed by atoms with van der Waals surface area (Å²) in [6, 6.07) is 71.0. The van der Waals surface area contributed by atoms with Crippen LogP contribution < -0.4 is 119 Å². The Morgan fingerprint density at radius 2 is 0.351 bits per heavy atom. The van der Waals surface area contributed by atoms with Crippen LogP contribution in [0.5, 0.6) is 46.0 Å². The van der Waals surface area contributed by atoms with E-state index < -0.39 is 31.7 Å². The molecule has 0 unspecified atom stereocenters. The number of fused-ring (bicyclic) bond motifs is 4. The van der Waals surface area contributed by atoms with Crippen LogP contribution in [0.1, 0.15) is 89.0 Å². The van der Waals surface area contributed by atoms with Crippen molar-refractivity contribution in [2.24, 2.45) is 0 Å². The van der Waals surface area contributed by atoms with Crippen molar-refractivity contribution in [3.63, 3.8) is 0 Å². The molecule has 4 aliphatic rings. The quantitative estimate of drug-likeness (QED) is 0.0851. The molecule has 0 saturated heterocycles. The Morgan fingerprint density at radius 1 is 0.228 bits per heavy atom. The Hall–Kier alpha value is -6.58. The van der Waals surface area contributed by atoms with Crippen molar-refractivity contribution in [1.82, 2.24) is 0 Å². The first-order valence-corrected chi connectivity index (χ1v) is 51.7. The van der Waals surface area contributed by atoms with E-state index in [1.165, 1.54) is 153 Å². The molecule has 596 valence electrons. The van der Waals surface area contributed by atoms with Crippen molar-refractivity contribution >= 4 is 134 Å². The summed E-state index contributed by atoms with van der Waals surface area (Å²) in [7, 11) is 19.1. The zero-order valence-corrected chi connectivity index (χ0v) is 78.4. The van der Waals surface area contributed by atoms with Gasteiger partial charge in [-0.05, 0) is 344 Å². The average Bonchev–Trinajstić information content (AvgIpc) is 1.32. The van der Waals surface area contributed by atoms with Crippen molar-refractivity contribution in [3.8, 4) is 68.2 Å². The molecule has 2 N–H and O–H groups in total. The van der Waals surface area contributed by atoms with Crippen LogP contribution >= 0.6 is 70.5 Å². The van der Waals surface area contributed by atoms with Crippen molar-refractivity contribution in [1.29, 1.82) is 0 Å². The summed E-state index contributed by atoms with van der Waals surface area (Å²) in [6.45, 7) is 36.7. The van der Waals surface area contributed by atoms with E-state index in [0.717, 1.165) is 68.2 Å². The molecule has 0 aliphatic carbocycles. The van der Waals surface area contributed by atoms with Crippen LogP contribution in [-0.2, 0) is 30.3 Å². The van der Waals surface area contributed by atoms with Gasteiger partial charge in [0, 0.05) is 22.3 Å². The summed E-state index contributed by atoms with van der Waals surface area (Å²) in [5.41, 5.74) is 24.6. The van der Waals surface area contributed by atoms with E-state index in [-0.39, 0.29) is 69.9 Å². The molecule has 0 atom stereocenters. The van der Waals surface area contributed by atoms with Gasteiger partial charge in [0.2, 0.25) is 27.2 Å². The predicted molar refractivity (Wildman–Crippen MR) is 476 cm³/mol. The summed E-state index contributed by atoms with van der Waals surface area (Å²) in [4.78, 5) is 0. The van der Waals surface area contributed by atoms with Crippen LogP contribution in [0.15, 0.2) is 194 Å². The van der Waals surface area contributed by atoms with Gasteiger partial charge >= 0.3 is 69.1 Å². The van der Waals surface area contributed by atoms with E-state index >= 15 is 0 Å². The van der Waals surface area contributed by atoms with Gasteiger partial charge in [0.05, 0.1) is 14.1 Å². The molecule has 20 heteroatoms. The van der Waals surface area contributed by atoms with Crippen molar-refractivity contribution < 1.29 is 85.9 Å². The molecule has 12 aromatic carbocycles. The first-order valence-electron chi connectivity index (χ1n) is 37.4. The number of quaternary nitrogens is 1. The topological polar surface area (TPSA) is 90.5 Å². The second-order valence-electron chi connectivity index (χ2n) is 28.7. The normalized spacial score (nSPS) is 12.4.